The van der Waals surface area contributed by atoms with Crippen molar-refractivity contribution in [2.24, 2.45) is 5.41 Å². The second kappa shape index (κ2) is 8.25. The largest absolute Gasteiger partial charge is 0.491 e. The zero-order valence-electron chi connectivity index (χ0n) is 16.8. The molecule has 0 aromatic heterocycles. The van der Waals surface area contributed by atoms with Crippen molar-refractivity contribution in [1.29, 1.82) is 0 Å². The predicted molar refractivity (Wildman–Crippen MR) is 109 cm³/mol. The van der Waals surface area contributed by atoms with E-state index in [0.717, 1.165) is 22.6 Å². The summed E-state index contributed by atoms with van der Waals surface area (Å²) in [7, 11) is 0. The summed E-state index contributed by atoms with van der Waals surface area (Å²) < 4.78 is 5.59. The van der Waals surface area contributed by atoms with Gasteiger partial charge in [0.25, 0.3) is 0 Å². The van der Waals surface area contributed by atoms with Crippen LogP contribution in [0.3, 0.4) is 0 Å². The smallest absolute Gasteiger partial charge is 0.239 e. The fourth-order valence-corrected chi connectivity index (χ4v) is 2.43. The first-order valence-corrected chi connectivity index (χ1v) is 9.06. The van der Waals surface area contributed by atoms with Gasteiger partial charge in [-0.2, -0.15) is 0 Å². The number of hydrogen-bond donors (Lipinski definition) is 2. The van der Waals surface area contributed by atoms with Crippen LogP contribution in [0.2, 0.25) is 0 Å². The van der Waals surface area contributed by atoms with Crippen LogP contribution in [-0.2, 0) is 9.59 Å². The van der Waals surface area contributed by atoms with Crippen molar-refractivity contribution in [3.8, 4) is 5.75 Å². The normalized spacial score (nSPS) is 11.2. The maximum atomic E-state index is 12.7. The highest BCUT2D eigenvalue weighted by molar-refractivity contribution is 6.14. The SMILES string of the molecule is Cc1ccc(C)c(NC(=O)C(C)(C)C(=O)Nc2ccc(OC(C)C)cc2)c1. The van der Waals surface area contributed by atoms with Gasteiger partial charge in [-0.05, 0) is 83.0 Å². The van der Waals surface area contributed by atoms with Crippen LogP contribution < -0.4 is 15.4 Å². The molecule has 0 bridgehead atoms. The zero-order chi connectivity index (χ0) is 20.2. The molecule has 0 saturated heterocycles. The van der Waals surface area contributed by atoms with Crippen LogP contribution in [0.1, 0.15) is 38.8 Å². The summed E-state index contributed by atoms with van der Waals surface area (Å²) in [5, 5.41) is 5.67. The molecule has 0 saturated carbocycles. The van der Waals surface area contributed by atoms with E-state index in [1.54, 1.807) is 38.1 Å². The van der Waals surface area contributed by atoms with Gasteiger partial charge in [-0.15, -0.1) is 0 Å². The highest BCUT2D eigenvalue weighted by Crippen LogP contribution is 2.24. The van der Waals surface area contributed by atoms with Gasteiger partial charge < -0.3 is 15.4 Å². The van der Waals surface area contributed by atoms with Crippen LogP contribution in [0.4, 0.5) is 11.4 Å². The molecule has 2 amide bonds. The van der Waals surface area contributed by atoms with E-state index in [2.05, 4.69) is 10.6 Å². The highest BCUT2D eigenvalue weighted by atomic mass is 16.5. The quantitative estimate of drug-likeness (QED) is 0.727. The van der Waals surface area contributed by atoms with Gasteiger partial charge in [-0.3, -0.25) is 9.59 Å². The molecule has 27 heavy (non-hydrogen) atoms. The van der Waals surface area contributed by atoms with E-state index in [9.17, 15) is 9.59 Å². The Morgan fingerprint density at radius 2 is 1.52 bits per heavy atom. The summed E-state index contributed by atoms with van der Waals surface area (Å²) in [5.41, 5.74) is 2.09. The van der Waals surface area contributed by atoms with E-state index >= 15 is 0 Å². The van der Waals surface area contributed by atoms with E-state index in [-0.39, 0.29) is 17.9 Å². The second-order valence-electron chi connectivity index (χ2n) is 7.54. The molecule has 5 nitrogen and oxygen atoms in total. The maximum absolute atomic E-state index is 12.7. The van der Waals surface area contributed by atoms with Crippen LogP contribution >= 0.6 is 0 Å². The number of anilines is 2. The van der Waals surface area contributed by atoms with Crippen molar-refractivity contribution < 1.29 is 14.3 Å². The van der Waals surface area contributed by atoms with E-state index in [1.807, 2.05) is 45.9 Å². The molecule has 0 atom stereocenters. The van der Waals surface area contributed by atoms with Gasteiger partial charge in [0.05, 0.1) is 6.10 Å². The number of amides is 2. The number of nitrogens with one attached hydrogen (secondary N) is 2. The Balaban J connectivity index is 2.07. The van der Waals surface area contributed by atoms with Gasteiger partial charge in [0.15, 0.2) is 0 Å². The molecule has 144 valence electrons. The number of rotatable bonds is 6. The topological polar surface area (TPSA) is 67.4 Å². The standard InChI is InChI=1S/C22H28N2O3/c1-14(2)27-18-11-9-17(10-12-18)23-20(25)22(5,6)21(26)24-19-13-15(3)7-8-16(19)4/h7-14H,1-6H3,(H,23,25)(H,24,26). The van der Waals surface area contributed by atoms with E-state index in [4.69, 9.17) is 4.74 Å². The number of carbonyl (C=O) groups is 2. The maximum Gasteiger partial charge on any atom is 0.239 e. The molecule has 5 heteroatoms. The van der Waals surface area contributed by atoms with Gasteiger partial charge in [-0.25, -0.2) is 0 Å². The highest BCUT2D eigenvalue weighted by Gasteiger charge is 2.36. The summed E-state index contributed by atoms with van der Waals surface area (Å²) in [5.74, 6) is 0.00576. The molecule has 2 aromatic carbocycles. The molecule has 0 unspecified atom stereocenters. The number of hydrogen-bond acceptors (Lipinski definition) is 3. The monoisotopic (exact) mass is 368 g/mol. The molecule has 0 spiro atoms. The lowest BCUT2D eigenvalue weighted by Crippen LogP contribution is -2.41. The van der Waals surface area contributed by atoms with Crippen LogP contribution in [0.25, 0.3) is 0 Å². The third-order valence-electron chi connectivity index (χ3n) is 4.26. The molecule has 2 N–H and O–H groups in total. The number of aryl methyl sites for hydroxylation is 2. The molecular weight excluding hydrogens is 340 g/mol. The van der Waals surface area contributed by atoms with Gasteiger partial charge in [0.1, 0.15) is 11.2 Å². The van der Waals surface area contributed by atoms with Gasteiger partial charge in [0.2, 0.25) is 11.8 Å². The Morgan fingerprint density at radius 1 is 0.926 bits per heavy atom. The average molecular weight is 368 g/mol. The Hall–Kier alpha value is -2.82. The van der Waals surface area contributed by atoms with Crippen molar-refractivity contribution >= 4 is 23.2 Å². The molecule has 0 fully saturated rings. The zero-order valence-corrected chi connectivity index (χ0v) is 16.8. The van der Waals surface area contributed by atoms with Crippen molar-refractivity contribution in [2.75, 3.05) is 10.6 Å². The van der Waals surface area contributed by atoms with Crippen LogP contribution in [0.5, 0.6) is 5.75 Å². The fraction of sp³-hybridized carbons (Fsp3) is 0.364. The number of benzene rings is 2. The Morgan fingerprint density at radius 3 is 2.11 bits per heavy atom. The minimum absolute atomic E-state index is 0.0816. The van der Waals surface area contributed by atoms with Crippen LogP contribution in [0.15, 0.2) is 42.5 Å². The summed E-state index contributed by atoms with van der Waals surface area (Å²) in [6, 6.07) is 12.9. The lowest BCUT2D eigenvalue weighted by atomic mass is 9.90. The first-order chi connectivity index (χ1) is 12.6. The van der Waals surface area contributed by atoms with Crippen LogP contribution in [0, 0.1) is 19.3 Å². The lowest BCUT2D eigenvalue weighted by Gasteiger charge is -2.23. The first kappa shape index (κ1) is 20.5. The third kappa shape index (κ3) is 5.33. The summed E-state index contributed by atoms with van der Waals surface area (Å²) >= 11 is 0. The lowest BCUT2D eigenvalue weighted by molar-refractivity contribution is -0.135. The van der Waals surface area contributed by atoms with Crippen LogP contribution in [-0.4, -0.2) is 17.9 Å². The third-order valence-corrected chi connectivity index (χ3v) is 4.26. The molecule has 2 rings (SSSR count). The van der Waals surface area contributed by atoms with Gasteiger partial charge in [0, 0.05) is 11.4 Å². The van der Waals surface area contributed by atoms with Crippen molar-refractivity contribution in [3.05, 3.63) is 53.6 Å². The molecule has 0 aliphatic rings. The molecule has 0 aliphatic heterocycles. The molecule has 0 aliphatic carbocycles. The van der Waals surface area contributed by atoms with Gasteiger partial charge >= 0.3 is 0 Å². The minimum Gasteiger partial charge on any atom is -0.491 e. The molecule has 0 heterocycles. The first-order valence-electron chi connectivity index (χ1n) is 9.06. The Bertz CT molecular complexity index is 824. The number of ether oxygens (including phenoxy) is 1. The summed E-state index contributed by atoms with van der Waals surface area (Å²) in [4.78, 5) is 25.4. The average Bonchev–Trinajstić information content (AvgIpc) is 2.59. The van der Waals surface area contributed by atoms with Crippen molar-refractivity contribution in [2.45, 2.75) is 47.6 Å². The minimum atomic E-state index is -1.23. The Labute approximate surface area is 161 Å². The van der Waals surface area contributed by atoms with Gasteiger partial charge in [-0.1, -0.05) is 12.1 Å². The predicted octanol–water partition coefficient (Wildman–Crippen LogP) is 4.69. The molecule has 0 radical (unpaired) electrons. The second-order valence-corrected chi connectivity index (χ2v) is 7.54. The number of carbonyl (C=O) groups excluding carboxylic acids is 2. The molecule has 2 aromatic rings. The summed E-state index contributed by atoms with van der Waals surface area (Å²) in [6.45, 7) is 11.0. The Kier molecular flexibility index (Phi) is 6.26. The van der Waals surface area contributed by atoms with E-state index in [0.29, 0.717) is 5.69 Å². The van der Waals surface area contributed by atoms with E-state index in [1.165, 1.54) is 0 Å². The molecular formula is C22H28N2O3. The fourth-order valence-electron chi connectivity index (χ4n) is 2.43. The van der Waals surface area contributed by atoms with E-state index < -0.39 is 5.41 Å². The van der Waals surface area contributed by atoms with Crippen molar-refractivity contribution in [3.63, 3.8) is 0 Å². The van der Waals surface area contributed by atoms with Crippen molar-refractivity contribution in [1.82, 2.24) is 0 Å². The summed E-state index contributed by atoms with van der Waals surface area (Å²) in [6.07, 6.45) is 0.0816.